The van der Waals surface area contributed by atoms with Gasteiger partial charge in [-0.05, 0) is 24.6 Å². The maximum atomic E-state index is 6.15. The van der Waals surface area contributed by atoms with E-state index in [4.69, 9.17) is 16.3 Å². The van der Waals surface area contributed by atoms with Gasteiger partial charge in [-0.3, -0.25) is 4.99 Å². The van der Waals surface area contributed by atoms with Gasteiger partial charge in [0.2, 0.25) is 5.88 Å². The Morgan fingerprint density at radius 3 is 2.52 bits per heavy atom. The molecule has 0 bridgehead atoms. The fraction of sp³-hybridized carbons (Fsp3) is 0.294. The SMILES string of the molecule is CCOc1ncccc1CNC(=NC)NCc1ccccc1Cl. The molecule has 2 aromatic rings. The highest BCUT2D eigenvalue weighted by atomic mass is 35.5. The van der Waals surface area contributed by atoms with E-state index in [1.54, 1.807) is 13.2 Å². The smallest absolute Gasteiger partial charge is 0.218 e. The Labute approximate surface area is 141 Å². The van der Waals surface area contributed by atoms with Crippen molar-refractivity contribution in [3.8, 4) is 5.88 Å². The molecule has 0 spiro atoms. The standard InChI is InChI=1S/C17H21ClN4O/c1-3-23-16-14(8-6-10-20-16)12-22-17(19-2)21-11-13-7-4-5-9-15(13)18/h4-10H,3,11-12H2,1-2H3,(H2,19,21,22). The van der Waals surface area contributed by atoms with E-state index in [0.717, 1.165) is 16.1 Å². The Kier molecular flexibility index (Phi) is 6.69. The van der Waals surface area contributed by atoms with Crippen molar-refractivity contribution in [3.63, 3.8) is 0 Å². The minimum Gasteiger partial charge on any atom is -0.478 e. The molecular weight excluding hydrogens is 312 g/mol. The number of rotatable bonds is 6. The van der Waals surface area contributed by atoms with Crippen LogP contribution in [0.15, 0.2) is 47.6 Å². The van der Waals surface area contributed by atoms with Crippen molar-refractivity contribution >= 4 is 17.6 Å². The number of hydrogen-bond donors (Lipinski definition) is 2. The predicted molar refractivity (Wildman–Crippen MR) is 93.9 cm³/mol. The third-order valence-corrected chi connectivity index (χ3v) is 3.57. The summed E-state index contributed by atoms with van der Waals surface area (Å²) in [5.41, 5.74) is 2.00. The summed E-state index contributed by atoms with van der Waals surface area (Å²) in [7, 11) is 1.73. The van der Waals surface area contributed by atoms with Crippen LogP contribution in [0.1, 0.15) is 18.1 Å². The zero-order valence-corrected chi connectivity index (χ0v) is 14.1. The van der Waals surface area contributed by atoms with Crippen LogP contribution in [0.2, 0.25) is 5.02 Å². The summed E-state index contributed by atoms with van der Waals surface area (Å²) >= 11 is 6.15. The molecule has 0 amide bonds. The Morgan fingerprint density at radius 1 is 1.13 bits per heavy atom. The van der Waals surface area contributed by atoms with E-state index in [1.165, 1.54) is 0 Å². The molecule has 122 valence electrons. The highest BCUT2D eigenvalue weighted by Crippen LogP contribution is 2.15. The number of nitrogens with zero attached hydrogens (tertiary/aromatic N) is 2. The van der Waals surface area contributed by atoms with Gasteiger partial charge >= 0.3 is 0 Å². The fourth-order valence-electron chi connectivity index (χ4n) is 2.05. The Morgan fingerprint density at radius 2 is 1.83 bits per heavy atom. The van der Waals surface area contributed by atoms with Crippen LogP contribution >= 0.6 is 11.6 Å². The van der Waals surface area contributed by atoms with Gasteiger partial charge in [-0.2, -0.15) is 0 Å². The number of hydrogen-bond acceptors (Lipinski definition) is 3. The molecule has 2 N–H and O–H groups in total. The Bertz CT molecular complexity index is 661. The maximum Gasteiger partial charge on any atom is 0.218 e. The summed E-state index contributed by atoms with van der Waals surface area (Å²) in [5.74, 6) is 1.33. The highest BCUT2D eigenvalue weighted by molar-refractivity contribution is 6.31. The average Bonchev–Trinajstić information content (AvgIpc) is 2.58. The average molecular weight is 333 g/mol. The molecular formula is C17H21ClN4O. The number of guanidine groups is 1. The van der Waals surface area contributed by atoms with Crippen LogP contribution in [0.25, 0.3) is 0 Å². The van der Waals surface area contributed by atoms with Gasteiger partial charge in [0.25, 0.3) is 0 Å². The van der Waals surface area contributed by atoms with Gasteiger partial charge in [0.05, 0.1) is 6.61 Å². The molecule has 6 heteroatoms. The molecule has 0 aliphatic rings. The maximum absolute atomic E-state index is 6.15. The third-order valence-electron chi connectivity index (χ3n) is 3.21. The number of halogens is 1. The zero-order valence-electron chi connectivity index (χ0n) is 13.3. The molecule has 0 fully saturated rings. The van der Waals surface area contributed by atoms with Gasteiger partial charge in [0, 0.05) is 36.9 Å². The largest absolute Gasteiger partial charge is 0.478 e. The second-order valence-electron chi connectivity index (χ2n) is 4.77. The van der Waals surface area contributed by atoms with Crippen LogP contribution in [-0.2, 0) is 13.1 Å². The van der Waals surface area contributed by atoms with E-state index in [9.17, 15) is 0 Å². The van der Waals surface area contributed by atoms with Crippen LogP contribution in [0.5, 0.6) is 5.88 Å². The monoisotopic (exact) mass is 332 g/mol. The van der Waals surface area contributed by atoms with Crippen molar-refractivity contribution < 1.29 is 4.74 Å². The lowest BCUT2D eigenvalue weighted by Crippen LogP contribution is -2.36. The summed E-state index contributed by atoms with van der Waals surface area (Å²) < 4.78 is 5.52. The van der Waals surface area contributed by atoms with E-state index in [-0.39, 0.29) is 0 Å². The number of nitrogens with one attached hydrogen (secondary N) is 2. The molecule has 0 aliphatic heterocycles. The highest BCUT2D eigenvalue weighted by Gasteiger charge is 2.06. The molecule has 1 aromatic heterocycles. The zero-order chi connectivity index (χ0) is 16.5. The molecule has 0 atom stereocenters. The van der Waals surface area contributed by atoms with Crippen molar-refractivity contribution in [2.75, 3.05) is 13.7 Å². The first-order valence-electron chi connectivity index (χ1n) is 7.49. The van der Waals surface area contributed by atoms with Crippen LogP contribution < -0.4 is 15.4 Å². The van der Waals surface area contributed by atoms with Gasteiger partial charge in [-0.15, -0.1) is 0 Å². The number of benzene rings is 1. The summed E-state index contributed by atoms with van der Waals surface area (Å²) in [6, 6.07) is 11.6. The second kappa shape index (κ2) is 9.00. The van der Waals surface area contributed by atoms with Gasteiger partial charge in [-0.25, -0.2) is 4.98 Å². The molecule has 2 rings (SSSR count). The van der Waals surface area contributed by atoms with Crippen molar-refractivity contribution in [2.45, 2.75) is 20.0 Å². The van der Waals surface area contributed by atoms with E-state index >= 15 is 0 Å². The van der Waals surface area contributed by atoms with Gasteiger partial charge in [0.1, 0.15) is 0 Å². The fourth-order valence-corrected chi connectivity index (χ4v) is 2.25. The quantitative estimate of drug-likeness (QED) is 0.630. The lowest BCUT2D eigenvalue weighted by atomic mass is 10.2. The van der Waals surface area contributed by atoms with Gasteiger partial charge in [-0.1, -0.05) is 35.9 Å². The minimum absolute atomic E-state index is 0.575. The molecule has 5 nitrogen and oxygen atoms in total. The molecule has 0 radical (unpaired) electrons. The van der Waals surface area contributed by atoms with E-state index < -0.39 is 0 Å². The molecule has 0 unspecified atom stereocenters. The molecule has 1 heterocycles. The third kappa shape index (κ3) is 5.14. The van der Waals surface area contributed by atoms with Crippen LogP contribution in [0.3, 0.4) is 0 Å². The number of pyridine rings is 1. The summed E-state index contributed by atoms with van der Waals surface area (Å²) in [6.45, 7) is 3.70. The Balaban J connectivity index is 1.92. The first-order chi connectivity index (χ1) is 11.2. The van der Waals surface area contributed by atoms with Crippen molar-refractivity contribution in [3.05, 3.63) is 58.7 Å². The number of aliphatic imine (C=N–C) groups is 1. The van der Waals surface area contributed by atoms with Gasteiger partial charge < -0.3 is 15.4 Å². The van der Waals surface area contributed by atoms with Crippen LogP contribution in [0, 0.1) is 0 Å². The van der Waals surface area contributed by atoms with Gasteiger partial charge in [0.15, 0.2) is 5.96 Å². The minimum atomic E-state index is 0.575. The first kappa shape index (κ1) is 17.1. The van der Waals surface area contributed by atoms with E-state index in [0.29, 0.717) is 31.5 Å². The topological polar surface area (TPSA) is 58.5 Å². The normalized spacial score (nSPS) is 11.2. The number of aromatic nitrogens is 1. The summed E-state index contributed by atoms with van der Waals surface area (Å²) in [5, 5.41) is 7.23. The Hall–Kier alpha value is -2.27. The molecule has 0 saturated heterocycles. The van der Waals surface area contributed by atoms with E-state index in [2.05, 4.69) is 20.6 Å². The summed E-state index contributed by atoms with van der Waals surface area (Å²) in [6.07, 6.45) is 1.72. The van der Waals surface area contributed by atoms with Crippen molar-refractivity contribution in [1.82, 2.24) is 15.6 Å². The second-order valence-corrected chi connectivity index (χ2v) is 5.18. The van der Waals surface area contributed by atoms with Crippen LogP contribution in [0.4, 0.5) is 0 Å². The summed E-state index contributed by atoms with van der Waals surface area (Å²) in [4.78, 5) is 8.45. The van der Waals surface area contributed by atoms with E-state index in [1.807, 2.05) is 43.3 Å². The molecule has 23 heavy (non-hydrogen) atoms. The van der Waals surface area contributed by atoms with Crippen molar-refractivity contribution in [1.29, 1.82) is 0 Å². The van der Waals surface area contributed by atoms with Crippen LogP contribution in [-0.4, -0.2) is 24.6 Å². The first-order valence-corrected chi connectivity index (χ1v) is 7.87. The molecule has 0 aliphatic carbocycles. The van der Waals surface area contributed by atoms with Crippen molar-refractivity contribution in [2.24, 2.45) is 4.99 Å². The lowest BCUT2D eigenvalue weighted by Gasteiger charge is -2.14. The number of ether oxygens (including phenoxy) is 1. The lowest BCUT2D eigenvalue weighted by molar-refractivity contribution is 0.322. The molecule has 0 saturated carbocycles. The molecule has 1 aromatic carbocycles. The predicted octanol–water partition coefficient (Wildman–Crippen LogP) is 3.00.